The van der Waals surface area contributed by atoms with E-state index in [-0.39, 0.29) is 32.0 Å². The lowest BCUT2D eigenvalue weighted by Crippen LogP contribution is -2.28. The van der Waals surface area contributed by atoms with Crippen molar-refractivity contribution in [1.82, 2.24) is 5.32 Å². The minimum absolute atomic E-state index is 0.0120. The molecule has 0 saturated carbocycles. The fraction of sp³-hybridized carbons (Fsp3) is 0.937. The first kappa shape index (κ1) is 92.4. The van der Waals surface area contributed by atoms with Crippen LogP contribution in [0.1, 0.15) is 12.8 Å². The summed E-state index contributed by atoms with van der Waals surface area (Å²) in [7, 11) is 0. The third-order valence-corrected chi connectivity index (χ3v) is 11.4. The zero-order chi connectivity index (χ0) is 68.1. The molecule has 0 aliphatic carbocycles. The van der Waals surface area contributed by atoms with E-state index in [4.69, 9.17) is 144 Å². The van der Waals surface area contributed by atoms with E-state index in [9.17, 15) is 9.59 Å². The number of nitrogens with one attached hydrogen (secondary N) is 1. The number of aliphatic carboxylic acids is 1. The lowest BCUT2D eigenvalue weighted by Gasteiger charge is -2.09. The molecule has 0 aromatic rings. The Bertz CT molecular complexity index is 1500. The largest absolute Gasteiger partial charge is 0.481 e. The number of rotatable bonds is 88. The first-order chi connectivity index (χ1) is 47.2. The van der Waals surface area contributed by atoms with E-state index in [1.165, 1.54) is 0 Å². The summed E-state index contributed by atoms with van der Waals surface area (Å²) in [6.45, 7) is 25.6. The average molecular weight is 1390 g/mol. The highest BCUT2D eigenvalue weighted by atomic mass is 16.6. The van der Waals surface area contributed by atoms with Gasteiger partial charge in [0, 0.05) is 13.0 Å². The predicted molar refractivity (Wildman–Crippen MR) is 342 cm³/mol. The molecule has 564 valence electrons. The maximum atomic E-state index is 11.9. The summed E-state index contributed by atoms with van der Waals surface area (Å²) < 4.78 is 153. The van der Waals surface area contributed by atoms with Crippen molar-refractivity contribution >= 4 is 11.9 Å². The lowest BCUT2D eigenvalue weighted by atomic mass is 10.4. The average Bonchev–Trinajstić information content (AvgIpc) is 3.59. The van der Waals surface area contributed by atoms with Gasteiger partial charge in [-0.05, 0) is 0 Å². The normalized spacial score (nSPS) is 11.6. The molecule has 0 aromatic heterocycles. The molecule has 0 heterocycles. The van der Waals surface area contributed by atoms with Crippen LogP contribution in [0, 0.1) is 12.3 Å². The minimum Gasteiger partial charge on any atom is -0.481 e. The SMILES string of the molecule is C#CCOCCOCCOCCOCCC(=O)NCCOCCOCCOCCOCCOCCOCCOCCOCCOCCOCCOCCOCCOCCOCCOCCOCCOCCOCCOCCOCCOCCOCCOCCOCCC(=O)O. The van der Waals surface area contributed by atoms with Crippen LogP contribution < -0.4 is 5.32 Å². The van der Waals surface area contributed by atoms with Gasteiger partial charge in [-0.15, -0.1) is 6.42 Å². The molecule has 0 saturated heterocycles. The minimum atomic E-state index is -0.881. The summed E-state index contributed by atoms with van der Waals surface area (Å²) in [5, 5.41) is 11.3. The Morgan fingerprint density at radius 2 is 0.347 bits per heavy atom. The Kier molecular flexibility index (Phi) is 85.1. The molecule has 0 radical (unpaired) electrons. The fourth-order valence-corrected chi connectivity index (χ4v) is 6.63. The zero-order valence-corrected chi connectivity index (χ0v) is 57.0. The summed E-state index contributed by atoms with van der Waals surface area (Å²) >= 11 is 0. The Morgan fingerprint density at radius 1 is 0.211 bits per heavy atom. The lowest BCUT2D eigenvalue weighted by molar-refractivity contribution is -0.138. The van der Waals surface area contributed by atoms with Crippen LogP contribution in [-0.2, 0) is 142 Å². The van der Waals surface area contributed by atoms with Gasteiger partial charge in [0.1, 0.15) is 6.61 Å². The first-order valence-electron chi connectivity index (χ1n) is 33.3. The van der Waals surface area contributed by atoms with Gasteiger partial charge in [0.05, 0.1) is 370 Å². The number of carboxylic acid groups (broad SMARTS) is 1. The standard InChI is InChI=1S/C63H121NO31/c1-2-6-68-10-14-72-18-19-73-15-11-69-7-3-62(65)64-5-9-71-13-17-75-21-23-77-25-27-79-29-31-81-33-35-83-37-39-85-41-43-87-45-47-89-49-51-91-53-55-93-57-59-95-61-60-94-58-56-92-54-52-90-50-48-88-46-44-86-42-40-84-38-36-82-34-32-80-30-28-78-26-24-76-22-20-74-16-12-70-8-4-63(66)67/h1H,3-61H2,(H,64,65)(H,66,67). The van der Waals surface area contributed by atoms with Gasteiger partial charge in [0.15, 0.2) is 0 Å². The fourth-order valence-electron chi connectivity index (χ4n) is 6.63. The van der Waals surface area contributed by atoms with E-state index in [1.54, 1.807) is 0 Å². The highest BCUT2D eigenvalue weighted by molar-refractivity contribution is 5.75. The number of hydrogen-bond donors (Lipinski definition) is 2. The molecule has 0 spiro atoms. The van der Waals surface area contributed by atoms with Gasteiger partial charge in [0.2, 0.25) is 5.91 Å². The maximum absolute atomic E-state index is 11.9. The number of amides is 1. The van der Waals surface area contributed by atoms with Crippen molar-refractivity contribution in [2.75, 3.05) is 377 Å². The van der Waals surface area contributed by atoms with Crippen molar-refractivity contribution in [3.8, 4) is 12.3 Å². The van der Waals surface area contributed by atoms with Gasteiger partial charge >= 0.3 is 5.97 Å². The Balaban J connectivity index is 3.11. The van der Waals surface area contributed by atoms with Crippen molar-refractivity contribution in [2.45, 2.75) is 12.8 Å². The number of carbonyl (C=O) groups is 2. The van der Waals surface area contributed by atoms with Crippen LogP contribution in [0.15, 0.2) is 0 Å². The number of ether oxygens (including phenoxy) is 28. The summed E-state index contributed by atoms with van der Waals surface area (Å²) in [6.07, 6.45) is 5.35. The van der Waals surface area contributed by atoms with Crippen LogP contribution in [0.3, 0.4) is 0 Å². The molecule has 1 amide bonds. The van der Waals surface area contributed by atoms with Crippen molar-refractivity contribution in [2.24, 2.45) is 0 Å². The molecule has 0 fully saturated rings. The van der Waals surface area contributed by atoms with Crippen LogP contribution in [0.5, 0.6) is 0 Å². The van der Waals surface area contributed by atoms with Gasteiger partial charge in [-0.1, -0.05) is 5.92 Å². The molecular weight excluding hydrogens is 1270 g/mol. The first-order valence-corrected chi connectivity index (χ1v) is 33.3. The Hall–Kier alpha value is -2.62. The Morgan fingerprint density at radius 3 is 0.505 bits per heavy atom. The molecule has 2 N–H and O–H groups in total. The molecule has 0 aliphatic heterocycles. The third kappa shape index (κ3) is 89.4. The number of carbonyl (C=O) groups excluding carboxylic acids is 1. The van der Waals surface area contributed by atoms with Crippen molar-refractivity contribution in [1.29, 1.82) is 0 Å². The number of hydrogen-bond acceptors (Lipinski definition) is 30. The summed E-state index contributed by atoms with van der Waals surface area (Å²) in [4.78, 5) is 22.3. The molecule has 0 atom stereocenters. The van der Waals surface area contributed by atoms with E-state index in [1.807, 2.05) is 0 Å². The van der Waals surface area contributed by atoms with Crippen LogP contribution in [0.4, 0.5) is 0 Å². The molecule has 32 nitrogen and oxygen atoms in total. The van der Waals surface area contributed by atoms with Gasteiger partial charge in [0.25, 0.3) is 0 Å². The van der Waals surface area contributed by atoms with Crippen molar-refractivity contribution in [3.63, 3.8) is 0 Å². The van der Waals surface area contributed by atoms with Gasteiger partial charge in [-0.2, -0.15) is 0 Å². The summed E-state index contributed by atoms with van der Waals surface area (Å²) in [5.41, 5.74) is 0. The molecule has 95 heavy (non-hydrogen) atoms. The van der Waals surface area contributed by atoms with E-state index in [0.717, 1.165) is 0 Å². The molecular formula is C63H121NO31. The quantitative estimate of drug-likeness (QED) is 0.0601. The predicted octanol–water partition coefficient (Wildman–Crippen LogP) is 0.0654. The molecule has 0 unspecified atom stereocenters. The van der Waals surface area contributed by atoms with Crippen molar-refractivity contribution < 1.29 is 147 Å². The van der Waals surface area contributed by atoms with Crippen LogP contribution in [0.2, 0.25) is 0 Å². The van der Waals surface area contributed by atoms with Crippen molar-refractivity contribution in [3.05, 3.63) is 0 Å². The highest BCUT2D eigenvalue weighted by Gasteiger charge is 2.04. The van der Waals surface area contributed by atoms with E-state index in [0.29, 0.717) is 363 Å². The maximum Gasteiger partial charge on any atom is 0.305 e. The smallest absolute Gasteiger partial charge is 0.305 e. The molecule has 0 bridgehead atoms. The monoisotopic (exact) mass is 1390 g/mol. The van der Waals surface area contributed by atoms with Gasteiger partial charge in [-0.25, -0.2) is 0 Å². The van der Waals surface area contributed by atoms with E-state index in [2.05, 4.69) is 11.2 Å². The Labute approximate surface area is 564 Å². The molecule has 0 aliphatic rings. The second-order valence-electron chi connectivity index (χ2n) is 19.0. The highest BCUT2D eigenvalue weighted by Crippen LogP contribution is 1.93. The summed E-state index contributed by atoms with van der Waals surface area (Å²) in [6, 6.07) is 0. The van der Waals surface area contributed by atoms with Crippen LogP contribution in [-0.4, -0.2) is 394 Å². The molecule has 0 rings (SSSR count). The van der Waals surface area contributed by atoms with E-state index < -0.39 is 5.97 Å². The van der Waals surface area contributed by atoms with E-state index >= 15 is 0 Å². The van der Waals surface area contributed by atoms with Gasteiger partial charge in [-0.3, -0.25) is 9.59 Å². The topological polar surface area (TPSA) is 325 Å². The number of carboxylic acids is 1. The number of terminal acetylenes is 1. The molecule has 0 aromatic carbocycles. The molecule has 32 heteroatoms. The third-order valence-electron chi connectivity index (χ3n) is 11.4. The second-order valence-corrected chi connectivity index (χ2v) is 19.0. The second kappa shape index (κ2) is 87.5. The summed E-state index contributed by atoms with van der Waals surface area (Å²) in [5.74, 6) is 1.41. The van der Waals surface area contributed by atoms with Crippen LogP contribution in [0.25, 0.3) is 0 Å². The zero-order valence-electron chi connectivity index (χ0n) is 57.0. The van der Waals surface area contributed by atoms with Crippen LogP contribution >= 0.6 is 0 Å². The van der Waals surface area contributed by atoms with Gasteiger partial charge < -0.3 is 143 Å².